The Kier molecular flexibility index (Phi) is 2.83. The highest BCUT2D eigenvalue weighted by molar-refractivity contribution is 5.42. The van der Waals surface area contributed by atoms with Crippen LogP contribution in [0.2, 0.25) is 0 Å². The second-order valence-electron chi connectivity index (χ2n) is 3.54. The Labute approximate surface area is 89.8 Å². The van der Waals surface area contributed by atoms with Gasteiger partial charge in [0.25, 0.3) is 0 Å². The maximum atomic E-state index is 4.07. The zero-order valence-electron chi connectivity index (χ0n) is 9.01. The Morgan fingerprint density at radius 2 is 2.13 bits per heavy atom. The topological polar surface area (TPSA) is 29.9 Å². The molecule has 15 heavy (non-hydrogen) atoms. The Morgan fingerprint density at radius 3 is 2.80 bits per heavy atom. The molecule has 1 atom stereocenters. The highest BCUT2D eigenvalue weighted by Gasteiger charge is 2.08. The summed E-state index contributed by atoms with van der Waals surface area (Å²) in [5.41, 5.74) is 2.45. The van der Waals surface area contributed by atoms with Gasteiger partial charge in [0, 0.05) is 18.4 Å². The molecule has 0 fully saturated rings. The maximum Gasteiger partial charge on any atom is 0.0991 e. The number of imidazole rings is 1. The summed E-state index contributed by atoms with van der Waals surface area (Å²) in [5, 5.41) is 3.25. The first-order valence-electron chi connectivity index (χ1n) is 5.07. The Bertz CT molecular complexity index is 420. The van der Waals surface area contributed by atoms with Gasteiger partial charge >= 0.3 is 0 Å². The summed E-state index contributed by atoms with van der Waals surface area (Å²) in [4.78, 5) is 4.07. The molecule has 3 nitrogen and oxygen atoms in total. The lowest BCUT2D eigenvalue weighted by atomic mass is 10.1. The highest BCUT2D eigenvalue weighted by Crippen LogP contribution is 2.20. The molecule has 0 saturated carbocycles. The van der Waals surface area contributed by atoms with E-state index in [1.54, 1.807) is 6.20 Å². The molecule has 1 aromatic heterocycles. The van der Waals surface area contributed by atoms with Gasteiger partial charge in [-0.1, -0.05) is 18.2 Å². The molecule has 0 radical (unpaired) electrons. The second kappa shape index (κ2) is 4.28. The molecular weight excluding hydrogens is 186 g/mol. The number of rotatable bonds is 3. The summed E-state index contributed by atoms with van der Waals surface area (Å²) >= 11 is 0. The average molecular weight is 201 g/mol. The number of benzene rings is 1. The third-order valence-electron chi connectivity index (χ3n) is 2.62. The minimum Gasteiger partial charge on any atom is -0.313 e. The van der Waals surface area contributed by atoms with Gasteiger partial charge in [0.15, 0.2) is 0 Å². The molecule has 1 N–H and O–H groups in total. The maximum absolute atomic E-state index is 4.07. The summed E-state index contributed by atoms with van der Waals surface area (Å²) < 4.78 is 2.03. The molecule has 0 aliphatic rings. The number of hydrogen-bond acceptors (Lipinski definition) is 2. The molecule has 1 aromatic carbocycles. The van der Waals surface area contributed by atoms with E-state index in [2.05, 4.69) is 35.4 Å². The van der Waals surface area contributed by atoms with E-state index in [9.17, 15) is 0 Å². The van der Waals surface area contributed by atoms with Crippen LogP contribution < -0.4 is 5.32 Å². The van der Waals surface area contributed by atoms with Crippen LogP contribution in [-0.4, -0.2) is 16.6 Å². The Balaban J connectivity index is 2.47. The quantitative estimate of drug-likeness (QED) is 0.824. The standard InChI is InChI=1S/C12H15N3/c1-10(13-2)11-5-3-4-6-12(11)15-8-7-14-9-15/h3-10,13H,1-2H3. The van der Waals surface area contributed by atoms with Gasteiger partial charge in [-0.2, -0.15) is 0 Å². The molecule has 1 unspecified atom stereocenters. The van der Waals surface area contributed by atoms with Crippen molar-refractivity contribution in [1.82, 2.24) is 14.9 Å². The predicted octanol–water partition coefficient (Wildman–Crippen LogP) is 2.15. The lowest BCUT2D eigenvalue weighted by Crippen LogP contribution is -2.14. The first-order valence-corrected chi connectivity index (χ1v) is 5.07. The van der Waals surface area contributed by atoms with Crippen molar-refractivity contribution >= 4 is 0 Å². The van der Waals surface area contributed by atoms with Crippen LogP contribution in [0.5, 0.6) is 0 Å². The van der Waals surface area contributed by atoms with E-state index in [1.165, 1.54) is 11.3 Å². The van der Waals surface area contributed by atoms with Crippen LogP contribution >= 0.6 is 0 Å². The molecule has 0 bridgehead atoms. The van der Waals surface area contributed by atoms with E-state index in [4.69, 9.17) is 0 Å². The van der Waals surface area contributed by atoms with Crippen molar-refractivity contribution in [1.29, 1.82) is 0 Å². The van der Waals surface area contributed by atoms with E-state index >= 15 is 0 Å². The van der Waals surface area contributed by atoms with E-state index in [0.29, 0.717) is 6.04 Å². The molecule has 0 spiro atoms. The van der Waals surface area contributed by atoms with Crippen LogP contribution in [0.1, 0.15) is 18.5 Å². The van der Waals surface area contributed by atoms with Crippen molar-refractivity contribution in [3.63, 3.8) is 0 Å². The Hall–Kier alpha value is -1.61. The van der Waals surface area contributed by atoms with Gasteiger partial charge in [-0.05, 0) is 25.6 Å². The number of nitrogens with one attached hydrogen (secondary N) is 1. The van der Waals surface area contributed by atoms with E-state index in [1.807, 2.05) is 30.2 Å². The van der Waals surface area contributed by atoms with Gasteiger partial charge in [-0.3, -0.25) is 0 Å². The van der Waals surface area contributed by atoms with Crippen molar-refractivity contribution in [2.24, 2.45) is 0 Å². The summed E-state index contributed by atoms with van der Waals surface area (Å²) in [6, 6.07) is 8.68. The average Bonchev–Trinajstić information content (AvgIpc) is 2.81. The van der Waals surface area contributed by atoms with Crippen LogP contribution in [-0.2, 0) is 0 Å². The van der Waals surface area contributed by atoms with Gasteiger partial charge in [0.05, 0.1) is 12.0 Å². The fourth-order valence-electron chi connectivity index (χ4n) is 1.65. The number of para-hydroxylation sites is 1. The van der Waals surface area contributed by atoms with E-state index in [0.717, 1.165) is 0 Å². The molecule has 0 saturated heterocycles. The van der Waals surface area contributed by atoms with Gasteiger partial charge in [0.2, 0.25) is 0 Å². The molecule has 0 aliphatic carbocycles. The fraction of sp³-hybridized carbons (Fsp3) is 0.250. The Morgan fingerprint density at radius 1 is 1.33 bits per heavy atom. The van der Waals surface area contributed by atoms with Gasteiger partial charge in [0.1, 0.15) is 0 Å². The largest absolute Gasteiger partial charge is 0.313 e. The van der Waals surface area contributed by atoms with Crippen LogP contribution in [0.25, 0.3) is 5.69 Å². The van der Waals surface area contributed by atoms with Crippen molar-refractivity contribution in [3.8, 4) is 5.69 Å². The molecule has 2 rings (SSSR count). The number of aromatic nitrogens is 2. The summed E-state index contributed by atoms with van der Waals surface area (Å²) in [6.45, 7) is 2.15. The minimum absolute atomic E-state index is 0.337. The number of nitrogens with zero attached hydrogens (tertiary/aromatic N) is 2. The molecule has 1 heterocycles. The number of hydrogen-bond donors (Lipinski definition) is 1. The van der Waals surface area contributed by atoms with Crippen molar-refractivity contribution < 1.29 is 0 Å². The van der Waals surface area contributed by atoms with Crippen molar-refractivity contribution in [2.75, 3.05) is 7.05 Å². The molecule has 78 valence electrons. The molecule has 2 aromatic rings. The zero-order chi connectivity index (χ0) is 10.7. The van der Waals surface area contributed by atoms with Crippen LogP contribution in [0, 0.1) is 0 Å². The third kappa shape index (κ3) is 1.92. The van der Waals surface area contributed by atoms with Crippen LogP contribution in [0.4, 0.5) is 0 Å². The highest BCUT2D eigenvalue weighted by atomic mass is 15.0. The predicted molar refractivity (Wildman–Crippen MR) is 61.0 cm³/mol. The van der Waals surface area contributed by atoms with Crippen LogP contribution in [0.15, 0.2) is 43.0 Å². The lowest BCUT2D eigenvalue weighted by Gasteiger charge is -2.15. The van der Waals surface area contributed by atoms with Gasteiger partial charge in [-0.25, -0.2) is 4.98 Å². The smallest absolute Gasteiger partial charge is 0.0991 e. The molecule has 0 amide bonds. The van der Waals surface area contributed by atoms with Crippen molar-refractivity contribution in [3.05, 3.63) is 48.5 Å². The van der Waals surface area contributed by atoms with Crippen LogP contribution in [0.3, 0.4) is 0 Å². The molecule has 3 heteroatoms. The first-order chi connectivity index (χ1) is 7.33. The van der Waals surface area contributed by atoms with Crippen molar-refractivity contribution in [2.45, 2.75) is 13.0 Å². The normalized spacial score (nSPS) is 12.7. The van der Waals surface area contributed by atoms with Gasteiger partial charge in [-0.15, -0.1) is 0 Å². The summed E-state index contributed by atoms with van der Waals surface area (Å²) in [6.07, 6.45) is 5.57. The summed E-state index contributed by atoms with van der Waals surface area (Å²) in [5.74, 6) is 0. The monoisotopic (exact) mass is 201 g/mol. The third-order valence-corrected chi connectivity index (χ3v) is 2.62. The lowest BCUT2D eigenvalue weighted by molar-refractivity contribution is 0.648. The van der Waals surface area contributed by atoms with Gasteiger partial charge < -0.3 is 9.88 Å². The minimum atomic E-state index is 0.337. The van der Waals surface area contributed by atoms with E-state index < -0.39 is 0 Å². The first kappa shape index (κ1) is 9.93. The molecule has 0 aliphatic heterocycles. The second-order valence-corrected chi connectivity index (χ2v) is 3.54. The zero-order valence-corrected chi connectivity index (χ0v) is 9.01. The summed E-state index contributed by atoms with van der Waals surface area (Å²) in [7, 11) is 1.97. The fourth-order valence-corrected chi connectivity index (χ4v) is 1.65. The molecular formula is C12H15N3. The SMILES string of the molecule is CNC(C)c1ccccc1-n1ccnc1. The van der Waals surface area contributed by atoms with E-state index in [-0.39, 0.29) is 0 Å².